The molecule has 16 heavy (non-hydrogen) atoms. The first-order chi connectivity index (χ1) is 7.40. The number of aromatic nitrogens is 1. The molecule has 0 spiro atoms. The van der Waals surface area contributed by atoms with E-state index in [4.69, 9.17) is 10.5 Å². The topological polar surface area (TPSA) is 65.2 Å². The zero-order valence-corrected chi connectivity index (χ0v) is 10.7. The van der Waals surface area contributed by atoms with Crippen molar-refractivity contribution in [3.8, 4) is 0 Å². The van der Waals surface area contributed by atoms with Gasteiger partial charge in [-0.2, -0.15) is 0 Å². The highest BCUT2D eigenvalue weighted by Crippen LogP contribution is 2.13. The maximum Gasteiger partial charge on any atom is 0.150 e. The van der Waals surface area contributed by atoms with Crippen LogP contribution in [0.4, 0.5) is 5.69 Å². The molecule has 1 rings (SSSR count). The van der Waals surface area contributed by atoms with Gasteiger partial charge in [0.25, 0.3) is 0 Å². The zero-order valence-electron chi connectivity index (χ0n) is 9.90. The largest absolute Gasteiger partial charge is 0.396 e. The molecule has 1 unspecified atom stereocenters. The second-order valence-electron chi connectivity index (χ2n) is 4.41. The Morgan fingerprint density at radius 3 is 2.75 bits per heavy atom. The van der Waals surface area contributed by atoms with Crippen molar-refractivity contribution in [2.45, 2.75) is 31.4 Å². The summed E-state index contributed by atoms with van der Waals surface area (Å²) in [6.45, 7) is 6.33. The molecule has 2 N–H and O–H groups in total. The molecule has 1 atom stereocenters. The van der Waals surface area contributed by atoms with Crippen LogP contribution in [0.2, 0.25) is 0 Å². The number of nitrogens with two attached hydrogens (primary N) is 1. The molecule has 1 aromatic heterocycles. The molecule has 0 aliphatic carbocycles. The molecule has 1 aromatic rings. The molecular formula is C11H18N2O2S. The zero-order chi connectivity index (χ0) is 12.2. The number of nitrogen functional groups attached to an aromatic ring is 1. The molecule has 0 fully saturated rings. The fourth-order valence-corrected chi connectivity index (χ4v) is 2.05. The SMILES string of the molecule is CC(C)(C)OCCS(=O)c1ncccc1N. The lowest BCUT2D eigenvalue weighted by atomic mass is 10.2. The number of hydrogen-bond acceptors (Lipinski definition) is 4. The number of hydrogen-bond donors (Lipinski definition) is 1. The fraction of sp³-hybridized carbons (Fsp3) is 0.545. The quantitative estimate of drug-likeness (QED) is 0.870. The number of rotatable bonds is 4. The molecule has 4 nitrogen and oxygen atoms in total. The van der Waals surface area contributed by atoms with Crippen LogP contribution in [-0.4, -0.2) is 27.2 Å². The van der Waals surface area contributed by atoms with Crippen LogP contribution in [-0.2, 0) is 15.5 Å². The second-order valence-corrected chi connectivity index (χ2v) is 5.89. The van der Waals surface area contributed by atoms with Crippen molar-refractivity contribution in [2.75, 3.05) is 18.1 Å². The van der Waals surface area contributed by atoms with Crippen molar-refractivity contribution < 1.29 is 8.95 Å². The van der Waals surface area contributed by atoms with Gasteiger partial charge in [-0.1, -0.05) is 0 Å². The normalized spacial score (nSPS) is 13.7. The lowest BCUT2D eigenvalue weighted by molar-refractivity contribution is 0.00668. The summed E-state index contributed by atoms with van der Waals surface area (Å²) in [6, 6.07) is 3.42. The Morgan fingerprint density at radius 2 is 2.19 bits per heavy atom. The van der Waals surface area contributed by atoms with Crippen molar-refractivity contribution >= 4 is 16.5 Å². The van der Waals surface area contributed by atoms with Crippen LogP contribution in [0.1, 0.15) is 20.8 Å². The van der Waals surface area contributed by atoms with Crippen molar-refractivity contribution in [2.24, 2.45) is 0 Å². The van der Waals surface area contributed by atoms with Gasteiger partial charge < -0.3 is 10.5 Å². The van der Waals surface area contributed by atoms with E-state index in [1.807, 2.05) is 20.8 Å². The van der Waals surface area contributed by atoms with E-state index in [9.17, 15) is 4.21 Å². The predicted octanol–water partition coefficient (Wildman–Crippen LogP) is 1.59. The maximum atomic E-state index is 11.8. The minimum atomic E-state index is -1.19. The van der Waals surface area contributed by atoms with Gasteiger partial charge in [0.1, 0.15) is 5.03 Å². The maximum absolute atomic E-state index is 11.8. The van der Waals surface area contributed by atoms with Crippen LogP contribution in [0.15, 0.2) is 23.4 Å². The van der Waals surface area contributed by atoms with E-state index in [1.165, 1.54) is 0 Å². The summed E-state index contributed by atoms with van der Waals surface area (Å²) in [4.78, 5) is 4.01. The fourth-order valence-electron chi connectivity index (χ4n) is 1.11. The first kappa shape index (κ1) is 13.1. The third kappa shape index (κ3) is 4.28. The van der Waals surface area contributed by atoms with E-state index < -0.39 is 10.8 Å². The molecule has 0 saturated carbocycles. The van der Waals surface area contributed by atoms with Gasteiger partial charge in [-0.25, -0.2) is 4.98 Å². The van der Waals surface area contributed by atoms with Gasteiger partial charge in [-0.05, 0) is 32.9 Å². The molecule has 0 bridgehead atoms. The summed E-state index contributed by atoms with van der Waals surface area (Å²) in [5.74, 6) is 0.415. The van der Waals surface area contributed by atoms with Crippen LogP contribution in [0.5, 0.6) is 0 Å². The van der Waals surface area contributed by atoms with Crippen LogP contribution < -0.4 is 5.73 Å². The Balaban J connectivity index is 2.51. The van der Waals surface area contributed by atoms with Crippen molar-refractivity contribution in [3.05, 3.63) is 18.3 Å². The van der Waals surface area contributed by atoms with Crippen molar-refractivity contribution in [1.29, 1.82) is 0 Å². The molecule has 0 radical (unpaired) electrons. The predicted molar refractivity (Wildman–Crippen MR) is 65.6 cm³/mol. The third-order valence-corrected chi connectivity index (χ3v) is 3.13. The summed E-state index contributed by atoms with van der Waals surface area (Å²) in [5.41, 5.74) is 5.94. The Labute approximate surface area is 98.7 Å². The van der Waals surface area contributed by atoms with E-state index in [-0.39, 0.29) is 5.60 Å². The number of ether oxygens (including phenoxy) is 1. The summed E-state index contributed by atoms with van der Waals surface area (Å²) in [5, 5.41) is 0.444. The average Bonchev–Trinajstić information content (AvgIpc) is 2.16. The van der Waals surface area contributed by atoms with E-state index in [0.717, 1.165) is 0 Å². The van der Waals surface area contributed by atoms with Crippen LogP contribution in [0.25, 0.3) is 0 Å². The smallest absolute Gasteiger partial charge is 0.150 e. The van der Waals surface area contributed by atoms with Gasteiger partial charge in [0.15, 0.2) is 0 Å². The van der Waals surface area contributed by atoms with Gasteiger partial charge in [-0.15, -0.1) is 0 Å². The van der Waals surface area contributed by atoms with E-state index >= 15 is 0 Å². The molecular weight excluding hydrogens is 224 g/mol. The van der Waals surface area contributed by atoms with Gasteiger partial charge in [-0.3, -0.25) is 4.21 Å². The van der Waals surface area contributed by atoms with E-state index in [0.29, 0.717) is 23.1 Å². The van der Waals surface area contributed by atoms with Gasteiger partial charge >= 0.3 is 0 Å². The highest BCUT2D eigenvalue weighted by atomic mass is 32.2. The Bertz CT molecular complexity index is 374. The second kappa shape index (κ2) is 5.41. The summed E-state index contributed by atoms with van der Waals surface area (Å²) in [6.07, 6.45) is 1.59. The Morgan fingerprint density at radius 1 is 1.50 bits per heavy atom. The Kier molecular flexibility index (Phi) is 4.44. The molecule has 0 aliphatic rings. The molecule has 0 aliphatic heterocycles. The van der Waals surface area contributed by atoms with Crippen molar-refractivity contribution in [3.63, 3.8) is 0 Å². The standard InChI is InChI=1S/C11H18N2O2S/c1-11(2,3)15-7-8-16(14)10-9(12)5-4-6-13-10/h4-6H,7-8,12H2,1-3H3. The number of pyridine rings is 1. The lowest BCUT2D eigenvalue weighted by Crippen LogP contribution is -2.22. The van der Waals surface area contributed by atoms with E-state index in [1.54, 1.807) is 18.3 Å². The number of nitrogens with zero attached hydrogens (tertiary/aromatic N) is 1. The summed E-state index contributed by atoms with van der Waals surface area (Å²) >= 11 is 0. The van der Waals surface area contributed by atoms with E-state index in [2.05, 4.69) is 4.98 Å². The van der Waals surface area contributed by atoms with Crippen LogP contribution in [0.3, 0.4) is 0 Å². The summed E-state index contributed by atoms with van der Waals surface area (Å²) < 4.78 is 17.3. The molecule has 1 heterocycles. The van der Waals surface area contributed by atoms with Gasteiger partial charge in [0.05, 0.1) is 34.4 Å². The molecule has 5 heteroatoms. The summed E-state index contributed by atoms with van der Waals surface area (Å²) in [7, 11) is -1.19. The van der Waals surface area contributed by atoms with Crippen LogP contribution >= 0.6 is 0 Å². The highest BCUT2D eigenvalue weighted by Gasteiger charge is 2.13. The first-order valence-corrected chi connectivity index (χ1v) is 6.45. The monoisotopic (exact) mass is 242 g/mol. The molecule has 90 valence electrons. The van der Waals surface area contributed by atoms with Gasteiger partial charge in [0.2, 0.25) is 0 Å². The number of anilines is 1. The highest BCUT2D eigenvalue weighted by molar-refractivity contribution is 7.85. The average molecular weight is 242 g/mol. The minimum Gasteiger partial charge on any atom is -0.396 e. The van der Waals surface area contributed by atoms with Crippen molar-refractivity contribution in [1.82, 2.24) is 4.98 Å². The first-order valence-electron chi connectivity index (χ1n) is 5.13. The Hall–Kier alpha value is -0.940. The lowest BCUT2D eigenvalue weighted by Gasteiger charge is -2.19. The molecule has 0 saturated heterocycles. The minimum absolute atomic E-state index is 0.208. The molecule has 0 amide bonds. The molecule has 0 aromatic carbocycles. The third-order valence-electron chi connectivity index (χ3n) is 1.82. The van der Waals surface area contributed by atoms with Gasteiger partial charge in [0, 0.05) is 6.20 Å². The van der Waals surface area contributed by atoms with Crippen LogP contribution in [0, 0.1) is 0 Å².